The van der Waals surface area contributed by atoms with Crippen molar-refractivity contribution in [1.29, 1.82) is 0 Å². The van der Waals surface area contributed by atoms with Gasteiger partial charge in [-0.05, 0) is 60.3 Å². The first-order valence-electron chi connectivity index (χ1n) is 11.7. The lowest BCUT2D eigenvalue weighted by Gasteiger charge is -2.15. The van der Waals surface area contributed by atoms with Gasteiger partial charge in [0.05, 0.1) is 21.8 Å². The van der Waals surface area contributed by atoms with Gasteiger partial charge in [-0.2, -0.15) is 0 Å². The molecule has 1 fully saturated rings. The van der Waals surface area contributed by atoms with Crippen LogP contribution < -0.4 is 9.64 Å². The molecule has 0 spiro atoms. The Balaban J connectivity index is 1.49. The number of benzene rings is 4. The number of carbonyl (C=O) groups excluding carboxylic acids is 1. The Morgan fingerprint density at radius 2 is 1.68 bits per heavy atom. The number of carbonyl (C=O) groups is 2. The van der Waals surface area contributed by atoms with Crippen LogP contribution in [-0.4, -0.2) is 22.2 Å². The van der Waals surface area contributed by atoms with E-state index in [-0.39, 0.29) is 18.1 Å². The zero-order valence-electron chi connectivity index (χ0n) is 20.0. The van der Waals surface area contributed by atoms with E-state index in [0.29, 0.717) is 32.2 Å². The molecule has 1 amide bonds. The van der Waals surface area contributed by atoms with E-state index in [1.165, 1.54) is 28.8 Å². The SMILES string of the molecule is O=C(O)c1cccc(N=C2S/C(=C\c3ccccc3OCc3ccccc3Cl)C(=O)N2c2ccccc2)c1. The lowest BCUT2D eigenvalue weighted by atomic mass is 10.1. The van der Waals surface area contributed by atoms with E-state index in [1.807, 2.05) is 78.9 Å². The van der Waals surface area contributed by atoms with Crippen molar-refractivity contribution in [2.24, 2.45) is 4.99 Å². The number of amidine groups is 1. The molecule has 0 atom stereocenters. The summed E-state index contributed by atoms with van der Waals surface area (Å²) < 4.78 is 6.07. The molecule has 1 saturated heterocycles. The van der Waals surface area contributed by atoms with Crippen molar-refractivity contribution in [3.05, 3.63) is 130 Å². The number of aromatic carboxylic acids is 1. The number of carboxylic acids is 1. The topological polar surface area (TPSA) is 79.2 Å². The van der Waals surface area contributed by atoms with Crippen LogP contribution in [-0.2, 0) is 11.4 Å². The van der Waals surface area contributed by atoms with Gasteiger partial charge in [-0.1, -0.05) is 72.3 Å². The van der Waals surface area contributed by atoms with Gasteiger partial charge in [-0.15, -0.1) is 0 Å². The Morgan fingerprint density at radius 3 is 2.47 bits per heavy atom. The molecule has 0 saturated carbocycles. The van der Waals surface area contributed by atoms with Crippen molar-refractivity contribution < 1.29 is 19.4 Å². The number of aliphatic imine (C=N–C) groups is 1. The fraction of sp³-hybridized carbons (Fsp3) is 0.0333. The zero-order valence-corrected chi connectivity index (χ0v) is 21.5. The highest BCUT2D eigenvalue weighted by atomic mass is 35.5. The van der Waals surface area contributed by atoms with Crippen LogP contribution in [0.2, 0.25) is 5.02 Å². The van der Waals surface area contributed by atoms with E-state index in [4.69, 9.17) is 16.3 Å². The number of anilines is 1. The number of hydrogen-bond acceptors (Lipinski definition) is 5. The Kier molecular flexibility index (Phi) is 7.58. The molecule has 0 aromatic heterocycles. The van der Waals surface area contributed by atoms with Crippen molar-refractivity contribution >= 4 is 57.9 Å². The molecule has 8 heteroatoms. The smallest absolute Gasteiger partial charge is 0.335 e. The minimum atomic E-state index is -1.05. The van der Waals surface area contributed by atoms with Crippen LogP contribution in [0, 0.1) is 0 Å². The molecular weight excluding hydrogens is 520 g/mol. The van der Waals surface area contributed by atoms with Gasteiger partial charge in [0.15, 0.2) is 5.17 Å². The second-order valence-electron chi connectivity index (χ2n) is 8.25. The van der Waals surface area contributed by atoms with Crippen LogP contribution in [0.25, 0.3) is 6.08 Å². The minimum absolute atomic E-state index is 0.118. The summed E-state index contributed by atoms with van der Waals surface area (Å²) in [5.74, 6) is -0.675. The highest BCUT2D eigenvalue weighted by molar-refractivity contribution is 8.19. The van der Waals surface area contributed by atoms with Gasteiger partial charge in [0.25, 0.3) is 5.91 Å². The summed E-state index contributed by atoms with van der Waals surface area (Å²) in [7, 11) is 0. The van der Waals surface area contributed by atoms with Gasteiger partial charge in [-0.25, -0.2) is 9.79 Å². The standard InChI is InChI=1S/C30H21ClN2O4S/c31-25-15-6-4-10-22(25)19-37-26-16-7-5-9-20(26)18-27-28(34)33(24-13-2-1-3-14-24)30(38-27)32-23-12-8-11-21(17-23)29(35)36/h1-18H,19H2,(H,35,36)/b27-18-,32-30?. The lowest BCUT2D eigenvalue weighted by Crippen LogP contribution is -2.28. The highest BCUT2D eigenvalue weighted by Gasteiger charge is 2.35. The number of thioether (sulfide) groups is 1. The van der Waals surface area contributed by atoms with Gasteiger partial charge in [0.2, 0.25) is 0 Å². The Labute approximate surface area is 228 Å². The number of ether oxygens (including phenoxy) is 1. The Hall–Kier alpha value is -4.33. The lowest BCUT2D eigenvalue weighted by molar-refractivity contribution is -0.113. The molecule has 0 unspecified atom stereocenters. The number of carboxylic acid groups (broad SMARTS) is 1. The number of nitrogens with zero attached hydrogens (tertiary/aromatic N) is 2. The number of hydrogen-bond donors (Lipinski definition) is 1. The zero-order chi connectivity index (χ0) is 26.5. The second-order valence-corrected chi connectivity index (χ2v) is 9.67. The van der Waals surface area contributed by atoms with Gasteiger partial charge < -0.3 is 9.84 Å². The summed E-state index contributed by atoms with van der Waals surface area (Å²) in [5.41, 5.74) is 2.80. The van der Waals surface area contributed by atoms with Crippen LogP contribution in [0.4, 0.5) is 11.4 Å². The maximum atomic E-state index is 13.6. The third kappa shape index (κ3) is 5.64. The predicted octanol–water partition coefficient (Wildman–Crippen LogP) is 7.43. The molecule has 1 heterocycles. The van der Waals surface area contributed by atoms with Gasteiger partial charge in [0.1, 0.15) is 12.4 Å². The monoisotopic (exact) mass is 540 g/mol. The quantitative estimate of drug-likeness (QED) is 0.247. The van der Waals surface area contributed by atoms with E-state index in [0.717, 1.165) is 11.1 Å². The molecule has 0 bridgehead atoms. The number of amides is 1. The molecule has 0 radical (unpaired) electrons. The summed E-state index contributed by atoms with van der Waals surface area (Å²) in [6.07, 6.45) is 1.78. The Morgan fingerprint density at radius 1 is 0.947 bits per heavy atom. The maximum absolute atomic E-state index is 13.6. The summed E-state index contributed by atoms with van der Waals surface area (Å²) in [6.45, 7) is 0.281. The fourth-order valence-electron chi connectivity index (χ4n) is 3.82. The second kappa shape index (κ2) is 11.4. The summed E-state index contributed by atoms with van der Waals surface area (Å²) in [5, 5.41) is 10.4. The van der Waals surface area contributed by atoms with Crippen molar-refractivity contribution in [3.8, 4) is 5.75 Å². The average Bonchev–Trinajstić information content (AvgIpc) is 3.23. The summed E-state index contributed by atoms with van der Waals surface area (Å²) in [6, 6.07) is 30.4. The van der Waals surface area contributed by atoms with Gasteiger partial charge in [0, 0.05) is 16.1 Å². The van der Waals surface area contributed by atoms with E-state index in [1.54, 1.807) is 18.2 Å². The molecule has 38 heavy (non-hydrogen) atoms. The molecule has 1 N–H and O–H groups in total. The van der Waals surface area contributed by atoms with Crippen LogP contribution in [0.1, 0.15) is 21.5 Å². The molecule has 0 aliphatic carbocycles. The molecule has 6 nitrogen and oxygen atoms in total. The first-order valence-corrected chi connectivity index (χ1v) is 12.9. The van der Waals surface area contributed by atoms with Crippen LogP contribution in [0.3, 0.4) is 0 Å². The van der Waals surface area contributed by atoms with E-state index < -0.39 is 5.97 Å². The first kappa shape index (κ1) is 25.3. The van der Waals surface area contributed by atoms with Crippen LogP contribution in [0.15, 0.2) is 113 Å². The summed E-state index contributed by atoms with van der Waals surface area (Å²) >= 11 is 7.49. The van der Waals surface area contributed by atoms with Crippen molar-refractivity contribution in [2.45, 2.75) is 6.61 Å². The largest absolute Gasteiger partial charge is 0.488 e. The van der Waals surface area contributed by atoms with Crippen molar-refractivity contribution in [2.75, 3.05) is 4.90 Å². The molecule has 1 aliphatic heterocycles. The van der Waals surface area contributed by atoms with Crippen LogP contribution >= 0.6 is 23.4 Å². The first-order chi connectivity index (χ1) is 18.5. The fourth-order valence-corrected chi connectivity index (χ4v) is 5.00. The predicted molar refractivity (Wildman–Crippen MR) is 152 cm³/mol. The molecule has 4 aromatic carbocycles. The number of para-hydroxylation sites is 2. The van der Waals surface area contributed by atoms with Crippen LogP contribution in [0.5, 0.6) is 5.75 Å². The summed E-state index contributed by atoms with van der Waals surface area (Å²) in [4.78, 5) is 31.7. The van der Waals surface area contributed by atoms with Crippen molar-refractivity contribution in [1.82, 2.24) is 0 Å². The Bertz CT molecular complexity index is 1570. The van der Waals surface area contributed by atoms with E-state index in [2.05, 4.69) is 4.99 Å². The third-order valence-corrected chi connectivity index (χ3v) is 7.02. The van der Waals surface area contributed by atoms with E-state index >= 15 is 0 Å². The minimum Gasteiger partial charge on any atom is -0.488 e. The molecule has 1 aliphatic rings. The number of halogens is 1. The maximum Gasteiger partial charge on any atom is 0.335 e. The van der Waals surface area contributed by atoms with Gasteiger partial charge in [-0.3, -0.25) is 9.69 Å². The molecule has 5 rings (SSSR count). The molecular formula is C30H21ClN2O4S. The molecule has 4 aromatic rings. The van der Waals surface area contributed by atoms with Crippen molar-refractivity contribution in [3.63, 3.8) is 0 Å². The molecule has 188 valence electrons. The number of rotatable bonds is 7. The highest BCUT2D eigenvalue weighted by Crippen LogP contribution is 2.38. The normalized spacial score (nSPS) is 15.3. The third-order valence-electron chi connectivity index (χ3n) is 5.69. The van der Waals surface area contributed by atoms with Gasteiger partial charge >= 0.3 is 5.97 Å². The van der Waals surface area contributed by atoms with E-state index in [9.17, 15) is 14.7 Å². The average molecular weight is 541 g/mol.